The van der Waals surface area contributed by atoms with Gasteiger partial charge in [-0.15, -0.1) is 0 Å². The number of amides is 1. The van der Waals surface area contributed by atoms with E-state index in [-0.39, 0.29) is 11.4 Å². The summed E-state index contributed by atoms with van der Waals surface area (Å²) in [5.74, 6) is 0.275. The highest BCUT2D eigenvalue weighted by molar-refractivity contribution is 5.79. The van der Waals surface area contributed by atoms with E-state index in [4.69, 9.17) is 0 Å². The summed E-state index contributed by atoms with van der Waals surface area (Å²) in [6.07, 6.45) is 10.0. The second-order valence-corrected chi connectivity index (χ2v) is 9.59. The van der Waals surface area contributed by atoms with E-state index in [1.54, 1.807) is 0 Å². The molecule has 2 saturated heterocycles. The SMILES string of the molecule is CC.CC.CN1CC2(CCN(CC(=O)NC34CCC(C)(CC3)CC4)CC2)C1. The van der Waals surface area contributed by atoms with Gasteiger partial charge in [-0.1, -0.05) is 34.6 Å². The first-order chi connectivity index (χ1) is 12.9. The molecule has 1 spiro atoms. The Kier molecular flexibility index (Phi) is 7.78. The number of carbonyl (C=O) groups is 1. The van der Waals surface area contributed by atoms with Crippen molar-refractivity contribution >= 4 is 5.91 Å². The summed E-state index contributed by atoms with van der Waals surface area (Å²) in [7, 11) is 2.21. The molecule has 1 N–H and O–H groups in total. The fourth-order valence-electron chi connectivity index (χ4n) is 5.70. The van der Waals surface area contributed by atoms with Gasteiger partial charge in [0.25, 0.3) is 0 Å². The van der Waals surface area contributed by atoms with E-state index in [1.807, 2.05) is 27.7 Å². The molecule has 1 amide bonds. The van der Waals surface area contributed by atoms with Crippen molar-refractivity contribution < 1.29 is 4.79 Å². The molecule has 0 aromatic heterocycles. The Morgan fingerprint density at radius 1 is 0.852 bits per heavy atom. The van der Waals surface area contributed by atoms with Crippen LogP contribution in [-0.4, -0.2) is 61.0 Å². The largest absolute Gasteiger partial charge is 0.350 e. The van der Waals surface area contributed by atoms with Gasteiger partial charge in [0.1, 0.15) is 0 Å². The van der Waals surface area contributed by atoms with E-state index in [2.05, 4.69) is 29.1 Å². The molecular weight excluding hydrogens is 334 g/mol. The lowest BCUT2D eigenvalue weighted by Crippen LogP contribution is -2.60. The zero-order valence-corrected chi connectivity index (χ0v) is 19.0. The topological polar surface area (TPSA) is 35.6 Å². The maximum absolute atomic E-state index is 12.6. The maximum atomic E-state index is 12.6. The van der Waals surface area contributed by atoms with Crippen molar-refractivity contribution in [3.05, 3.63) is 0 Å². The van der Waals surface area contributed by atoms with Gasteiger partial charge in [-0.25, -0.2) is 0 Å². The number of fused-ring (bicyclic) bond motifs is 3. The lowest BCUT2D eigenvalue weighted by atomic mass is 9.58. The minimum Gasteiger partial charge on any atom is -0.350 e. The molecule has 5 rings (SSSR count). The van der Waals surface area contributed by atoms with Crippen molar-refractivity contribution in [1.29, 1.82) is 0 Å². The Morgan fingerprint density at radius 2 is 1.33 bits per heavy atom. The third-order valence-electron chi connectivity index (χ3n) is 7.52. The molecule has 5 aliphatic rings. The second-order valence-electron chi connectivity index (χ2n) is 9.59. The van der Waals surface area contributed by atoms with Crippen LogP contribution in [-0.2, 0) is 4.79 Å². The summed E-state index contributed by atoms with van der Waals surface area (Å²) >= 11 is 0. The van der Waals surface area contributed by atoms with Crippen molar-refractivity contribution in [1.82, 2.24) is 15.1 Å². The van der Waals surface area contributed by atoms with Crippen LogP contribution >= 0.6 is 0 Å². The first-order valence-electron chi connectivity index (χ1n) is 11.6. The molecule has 5 fully saturated rings. The van der Waals surface area contributed by atoms with Gasteiger partial charge in [0, 0.05) is 18.6 Å². The van der Waals surface area contributed by atoms with E-state index in [9.17, 15) is 4.79 Å². The van der Waals surface area contributed by atoms with Gasteiger partial charge in [0.05, 0.1) is 6.54 Å². The predicted octanol–water partition coefficient (Wildman–Crippen LogP) is 4.30. The predicted molar refractivity (Wildman–Crippen MR) is 115 cm³/mol. The van der Waals surface area contributed by atoms with Crippen molar-refractivity contribution in [2.24, 2.45) is 10.8 Å². The highest BCUT2D eigenvalue weighted by Crippen LogP contribution is 2.51. The second kappa shape index (κ2) is 9.26. The van der Waals surface area contributed by atoms with Crippen LogP contribution in [0, 0.1) is 10.8 Å². The molecule has 27 heavy (non-hydrogen) atoms. The molecular formula is C23H45N3O. The molecule has 4 heteroatoms. The van der Waals surface area contributed by atoms with Crippen LogP contribution in [0.3, 0.4) is 0 Å². The number of nitrogens with zero attached hydrogens (tertiary/aromatic N) is 2. The molecule has 3 aliphatic carbocycles. The van der Waals surface area contributed by atoms with Gasteiger partial charge in [-0.05, 0) is 82.3 Å². The zero-order valence-electron chi connectivity index (χ0n) is 19.0. The molecule has 2 bridgehead atoms. The van der Waals surface area contributed by atoms with Crippen LogP contribution in [0.25, 0.3) is 0 Å². The lowest BCUT2D eigenvalue weighted by Gasteiger charge is -2.53. The summed E-state index contributed by atoms with van der Waals surface area (Å²) in [6.45, 7) is 15.8. The summed E-state index contributed by atoms with van der Waals surface area (Å²) in [6, 6.07) is 0. The molecule has 0 aromatic carbocycles. The van der Waals surface area contributed by atoms with Gasteiger partial charge in [-0.2, -0.15) is 0 Å². The van der Waals surface area contributed by atoms with E-state index < -0.39 is 0 Å². The number of likely N-dealkylation sites (tertiary alicyclic amines) is 2. The third kappa shape index (κ3) is 5.26. The Balaban J connectivity index is 0.000000614. The summed E-state index contributed by atoms with van der Waals surface area (Å²) in [5, 5.41) is 3.45. The summed E-state index contributed by atoms with van der Waals surface area (Å²) < 4.78 is 0. The van der Waals surface area contributed by atoms with Gasteiger partial charge >= 0.3 is 0 Å². The highest BCUT2D eigenvalue weighted by Gasteiger charge is 2.47. The van der Waals surface area contributed by atoms with Gasteiger partial charge < -0.3 is 10.2 Å². The van der Waals surface area contributed by atoms with Crippen LogP contribution in [0.5, 0.6) is 0 Å². The lowest BCUT2D eigenvalue weighted by molar-refractivity contribution is -0.127. The minimum absolute atomic E-state index is 0.141. The Labute approximate surface area is 168 Å². The number of piperidine rings is 1. The standard InChI is InChI=1S/C19H33N3O.2C2H6/c1-17-3-6-19(7-4-17,8-5-17)20-16(23)13-22-11-9-18(10-12-22)14-21(2)15-18;2*1-2/h3-15H2,1-2H3,(H,20,23);2*1-2H3. The molecule has 0 radical (unpaired) electrons. The summed E-state index contributed by atoms with van der Waals surface area (Å²) in [5.41, 5.74) is 1.30. The number of hydrogen-bond acceptors (Lipinski definition) is 3. The first kappa shape index (κ1) is 22.7. The summed E-state index contributed by atoms with van der Waals surface area (Å²) in [4.78, 5) is 17.4. The smallest absolute Gasteiger partial charge is 0.234 e. The van der Waals surface area contributed by atoms with Crippen LogP contribution in [0.4, 0.5) is 0 Å². The molecule has 0 aromatic rings. The minimum atomic E-state index is 0.141. The van der Waals surface area contributed by atoms with Gasteiger partial charge in [0.2, 0.25) is 5.91 Å². The van der Waals surface area contributed by atoms with E-state index in [1.165, 1.54) is 64.5 Å². The highest BCUT2D eigenvalue weighted by atomic mass is 16.2. The number of nitrogens with one attached hydrogen (secondary N) is 1. The van der Waals surface area contributed by atoms with E-state index in [0.717, 1.165) is 13.1 Å². The molecule has 0 atom stereocenters. The Bertz CT molecular complexity index is 449. The average molecular weight is 380 g/mol. The van der Waals surface area contributed by atoms with Gasteiger partial charge in [0.15, 0.2) is 0 Å². The fraction of sp³-hybridized carbons (Fsp3) is 0.957. The van der Waals surface area contributed by atoms with Crippen LogP contribution < -0.4 is 5.32 Å². The van der Waals surface area contributed by atoms with Crippen LogP contribution in [0.1, 0.15) is 86.0 Å². The quantitative estimate of drug-likeness (QED) is 0.794. The normalized spacial score (nSPS) is 34.6. The monoisotopic (exact) mass is 379 g/mol. The molecule has 0 unspecified atom stereocenters. The van der Waals surface area contributed by atoms with E-state index >= 15 is 0 Å². The fourth-order valence-corrected chi connectivity index (χ4v) is 5.70. The number of hydrogen-bond donors (Lipinski definition) is 1. The number of rotatable bonds is 3. The molecule has 3 saturated carbocycles. The van der Waals surface area contributed by atoms with Crippen LogP contribution in [0.2, 0.25) is 0 Å². The van der Waals surface area contributed by atoms with Crippen molar-refractivity contribution in [2.75, 3.05) is 39.8 Å². The van der Waals surface area contributed by atoms with Crippen molar-refractivity contribution in [3.63, 3.8) is 0 Å². The zero-order chi connectivity index (χ0) is 20.1. The average Bonchev–Trinajstić information content (AvgIpc) is 2.67. The molecule has 2 heterocycles. The Hall–Kier alpha value is -0.610. The van der Waals surface area contributed by atoms with E-state index in [0.29, 0.717) is 17.4 Å². The Morgan fingerprint density at radius 3 is 1.78 bits per heavy atom. The molecule has 4 nitrogen and oxygen atoms in total. The molecule has 158 valence electrons. The van der Waals surface area contributed by atoms with Gasteiger partial charge in [-0.3, -0.25) is 9.69 Å². The first-order valence-corrected chi connectivity index (χ1v) is 11.6. The third-order valence-corrected chi connectivity index (χ3v) is 7.52. The van der Waals surface area contributed by atoms with Crippen molar-refractivity contribution in [3.8, 4) is 0 Å². The number of carbonyl (C=O) groups excluding carboxylic acids is 1. The maximum Gasteiger partial charge on any atom is 0.234 e. The molecule has 2 aliphatic heterocycles. The van der Waals surface area contributed by atoms with Crippen molar-refractivity contribution in [2.45, 2.75) is 91.5 Å². The van der Waals surface area contributed by atoms with Crippen LogP contribution in [0.15, 0.2) is 0 Å².